The van der Waals surface area contributed by atoms with E-state index in [1.54, 1.807) is 7.11 Å². The molecule has 7 unspecified atom stereocenters. The first kappa shape index (κ1) is 109. The number of nitrogens with zero attached hydrogens (tertiary/aromatic N) is 20. The van der Waals surface area contributed by atoms with Gasteiger partial charge in [0.2, 0.25) is 0 Å². The Morgan fingerprint density at radius 3 is 0.759 bits per heavy atom. The van der Waals surface area contributed by atoms with Gasteiger partial charge in [-0.15, -0.1) is 0 Å². The van der Waals surface area contributed by atoms with Crippen LogP contribution in [0.15, 0.2) is 0 Å². The summed E-state index contributed by atoms with van der Waals surface area (Å²) >= 11 is 0. The van der Waals surface area contributed by atoms with Crippen molar-refractivity contribution in [2.24, 2.45) is 0 Å². The van der Waals surface area contributed by atoms with Gasteiger partial charge in [-0.3, -0.25) is 29.4 Å². The lowest BCUT2D eigenvalue weighted by atomic mass is 9.98. The molecule has 0 aromatic heterocycles. The maximum atomic E-state index is 12.6. The fourth-order valence-electron chi connectivity index (χ4n) is 15.7. The summed E-state index contributed by atoms with van der Waals surface area (Å²) in [6.07, 6.45) is 30.0. The first-order chi connectivity index (χ1) is 53.3. The normalized spacial score (nSPS) is 24.9. The van der Waals surface area contributed by atoms with Crippen LogP contribution in [0.4, 0.5) is 4.39 Å². The molecule has 0 aromatic carbocycles. The standard InChI is InChI=1S/C11H24N2.2C10H22N2.C9H20N2O.3C9H20N2.C8H17FN2.C8H18N2.C7H16N2/c1-10-6-5-7-11(2)13(10)9-8-12(3)4;1-10-6-4-5-7-12(10)9-8-11(2)3;1-11(2)9-10-12-7-5-3-4-6-8-12;1-10(2)6-7-11-5-4-9(8-11)12-3;2*1-9-5-4-6-11(9)8-7-10(2)3;1-10(2)8-9-11-6-4-3-5-7-11;1-10(2)5-6-11-4-3-8(9)7-11;1-9(2)7-8-10-5-3-4-6-10;1-8(2)6-7-9-4-3-5-9/h10-11H,5-9H2,1-4H3;10H,4-9H2,1-3H3;3-10H2,1-2H3;9H,4-8H2,1-3H3;2*9H,4-8H2,1-3H3;3-9H2,1-2H3;8H,3-7H2,1-2H3;3-8H2,1-2H3;3-7H2,1-2H3. The highest BCUT2D eigenvalue weighted by molar-refractivity contribution is 4.82. The van der Waals surface area contributed by atoms with Crippen molar-refractivity contribution in [2.45, 2.75) is 218 Å². The number of methoxy groups -OCH3 is 1. The van der Waals surface area contributed by atoms with Gasteiger partial charge in [0, 0.05) is 194 Å². The molecule has 0 amide bonds. The van der Waals surface area contributed by atoms with E-state index in [9.17, 15) is 4.39 Å². The largest absolute Gasteiger partial charge is 0.380 e. The molecule has 672 valence electrons. The number of likely N-dealkylation sites (tertiary alicyclic amines) is 10. The molecule has 0 N–H and O–H groups in total. The van der Waals surface area contributed by atoms with E-state index >= 15 is 0 Å². The predicted molar refractivity (Wildman–Crippen MR) is 490 cm³/mol. The van der Waals surface area contributed by atoms with Crippen molar-refractivity contribution in [1.82, 2.24) is 98.0 Å². The second-order valence-corrected chi connectivity index (χ2v) is 37.9. The SMILES string of the molecule is CC1CCCC(C)N1CCN(C)C.CC1CCCCN1CCN(C)C.CC1CCCN1CCN(C)C.CC1CCCN1CCN(C)C.CN(C)CCN1CCC(F)C1.CN(C)CCN1CCC1.CN(C)CCN1CCCC1.CN(C)CCN1CCCCC1.CN(C)CCN1CCCCCC1.COC1CCN(CCN(C)C)C1. The van der Waals surface area contributed by atoms with Crippen molar-refractivity contribution < 1.29 is 9.13 Å². The molecule has 10 heterocycles. The summed E-state index contributed by atoms with van der Waals surface area (Å²) in [5.41, 5.74) is 0. The predicted octanol–water partition coefficient (Wildman–Crippen LogP) is 9.51. The number of alkyl halides is 1. The van der Waals surface area contributed by atoms with Crippen molar-refractivity contribution >= 4 is 0 Å². The van der Waals surface area contributed by atoms with E-state index in [-0.39, 0.29) is 0 Å². The molecule has 21 nitrogen and oxygen atoms in total. The van der Waals surface area contributed by atoms with E-state index in [0.717, 1.165) is 69.4 Å². The first-order valence-electron chi connectivity index (χ1n) is 46.2. The topological polar surface area (TPSA) is 74.0 Å². The van der Waals surface area contributed by atoms with Crippen LogP contribution in [-0.2, 0) is 4.74 Å². The molecule has 0 spiro atoms. The number of hydrogen-bond acceptors (Lipinski definition) is 21. The molecule has 0 aliphatic carbocycles. The van der Waals surface area contributed by atoms with Crippen molar-refractivity contribution in [3.63, 3.8) is 0 Å². The molecule has 10 aliphatic heterocycles. The third-order valence-electron chi connectivity index (χ3n) is 24.3. The Morgan fingerprint density at radius 1 is 0.232 bits per heavy atom. The number of likely N-dealkylation sites (N-methyl/N-ethyl adjacent to an activating group) is 10. The minimum Gasteiger partial charge on any atom is -0.380 e. The highest BCUT2D eigenvalue weighted by Crippen LogP contribution is 2.23. The van der Waals surface area contributed by atoms with E-state index in [2.05, 4.69) is 259 Å². The number of piperidine rings is 3. The lowest BCUT2D eigenvalue weighted by molar-refractivity contribution is 0.0950. The zero-order valence-electron chi connectivity index (χ0n) is 80.1. The maximum absolute atomic E-state index is 12.6. The van der Waals surface area contributed by atoms with Crippen molar-refractivity contribution in [2.75, 3.05) is 377 Å². The van der Waals surface area contributed by atoms with Gasteiger partial charge >= 0.3 is 0 Å². The van der Waals surface area contributed by atoms with Crippen LogP contribution >= 0.6 is 0 Å². The Kier molecular flexibility index (Phi) is 66.9. The molecule has 0 bridgehead atoms. The highest BCUT2D eigenvalue weighted by atomic mass is 19.1. The van der Waals surface area contributed by atoms with Gasteiger partial charge in [-0.05, 0) is 357 Å². The quantitative estimate of drug-likeness (QED) is 0.0661. The molecule has 10 aliphatic rings. The second kappa shape index (κ2) is 68.7. The van der Waals surface area contributed by atoms with Crippen LogP contribution < -0.4 is 0 Å². The number of ether oxygens (including phenoxy) is 1. The number of halogens is 1. The van der Waals surface area contributed by atoms with E-state index < -0.39 is 6.17 Å². The van der Waals surface area contributed by atoms with Crippen LogP contribution in [0.25, 0.3) is 0 Å². The fourth-order valence-corrected chi connectivity index (χ4v) is 15.7. The molecule has 0 saturated carbocycles. The van der Waals surface area contributed by atoms with Gasteiger partial charge in [-0.2, -0.15) is 0 Å². The lowest BCUT2D eigenvalue weighted by Crippen LogP contribution is -2.46. The molecule has 7 atom stereocenters. The third-order valence-corrected chi connectivity index (χ3v) is 24.3. The molecule has 10 rings (SSSR count). The van der Waals surface area contributed by atoms with Gasteiger partial charge < -0.3 is 73.3 Å². The first-order valence-corrected chi connectivity index (χ1v) is 46.2. The van der Waals surface area contributed by atoms with Gasteiger partial charge in [0.05, 0.1) is 6.10 Å². The summed E-state index contributed by atoms with van der Waals surface area (Å²) in [6, 6.07) is 4.07. The van der Waals surface area contributed by atoms with Crippen molar-refractivity contribution in [3.8, 4) is 0 Å². The van der Waals surface area contributed by atoms with E-state index in [1.807, 2.05) is 14.1 Å². The van der Waals surface area contributed by atoms with Crippen LogP contribution in [0, 0.1) is 0 Å². The number of hydrogen-bond donors (Lipinski definition) is 0. The molecule has 0 aromatic rings. The third kappa shape index (κ3) is 61.4. The molecule has 112 heavy (non-hydrogen) atoms. The van der Waals surface area contributed by atoms with Crippen LogP contribution in [0.3, 0.4) is 0 Å². The molecule has 10 saturated heterocycles. The van der Waals surface area contributed by atoms with E-state index in [1.165, 1.54) is 325 Å². The monoisotopic (exact) mass is 1600 g/mol. The average molecular weight is 1600 g/mol. The molecule has 10 fully saturated rings. The minimum atomic E-state index is -0.572. The van der Waals surface area contributed by atoms with Crippen LogP contribution in [0.5, 0.6) is 0 Å². The van der Waals surface area contributed by atoms with Crippen LogP contribution in [0.2, 0.25) is 0 Å². The van der Waals surface area contributed by atoms with Gasteiger partial charge in [0.25, 0.3) is 0 Å². The Labute approximate surface area is 699 Å². The Balaban J connectivity index is 0.000000623. The summed E-state index contributed by atoms with van der Waals surface area (Å²) in [4.78, 5) is 47.7. The molecule has 0 radical (unpaired) electrons. The van der Waals surface area contributed by atoms with E-state index in [0.29, 0.717) is 12.6 Å². The van der Waals surface area contributed by atoms with E-state index in [4.69, 9.17) is 4.74 Å². The molecular formula is C90H199FN20O. The van der Waals surface area contributed by atoms with Crippen LogP contribution in [0.1, 0.15) is 176 Å². The highest BCUT2D eigenvalue weighted by Gasteiger charge is 2.26. The molecular weight excluding hydrogens is 1400 g/mol. The van der Waals surface area contributed by atoms with Crippen LogP contribution in [-0.4, -0.2) is 518 Å². The summed E-state index contributed by atoms with van der Waals surface area (Å²) in [5.74, 6) is 0. The summed E-state index contributed by atoms with van der Waals surface area (Å²) < 4.78 is 17.9. The summed E-state index contributed by atoms with van der Waals surface area (Å²) in [5, 5.41) is 0. The number of rotatable bonds is 31. The average Bonchev–Trinajstić information content (AvgIpc) is 1.16. The Bertz CT molecular complexity index is 1980. The Morgan fingerprint density at radius 2 is 0.482 bits per heavy atom. The lowest BCUT2D eigenvalue weighted by Gasteiger charge is -2.39. The Hall–Kier alpha value is -0.910. The smallest absolute Gasteiger partial charge is 0.114 e. The summed E-state index contributed by atoms with van der Waals surface area (Å²) in [6.45, 7) is 54.2. The van der Waals surface area contributed by atoms with Gasteiger partial charge in [0.1, 0.15) is 6.17 Å². The minimum absolute atomic E-state index is 0.479. The van der Waals surface area contributed by atoms with Gasteiger partial charge in [0.15, 0.2) is 0 Å². The zero-order valence-corrected chi connectivity index (χ0v) is 80.1. The van der Waals surface area contributed by atoms with Gasteiger partial charge in [-0.25, -0.2) is 4.39 Å². The maximum Gasteiger partial charge on any atom is 0.114 e. The fraction of sp³-hybridized carbons (Fsp3) is 1.00. The van der Waals surface area contributed by atoms with Gasteiger partial charge in [-0.1, -0.05) is 32.1 Å². The molecule has 22 heteroatoms. The zero-order chi connectivity index (χ0) is 83.6. The van der Waals surface area contributed by atoms with Crippen molar-refractivity contribution in [1.29, 1.82) is 0 Å². The van der Waals surface area contributed by atoms with Crippen molar-refractivity contribution in [3.05, 3.63) is 0 Å². The summed E-state index contributed by atoms with van der Waals surface area (Å²) in [7, 11) is 44.4. The second-order valence-electron chi connectivity index (χ2n) is 37.9.